The predicted octanol–water partition coefficient (Wildman–Crippen LogP) is 3.52. The van der Waals surface area contributed by atoms with Crippen LogP contribution in [-0.4, -0.2) is 34.2 Å². The van der Waals surface area contributed by atoms with Gasteiger partial charge in [0.25, 0.3) is 0 Å². The van der Waals surface area contributed by atoms with Crippen LogP contribution in [0.15, 0.2) is 54.6 Å². The van der Waals surface area contributed by atoms with Gasteiger partial charge in [0.05, 0.1) is 6.10 Å². The van der Waals surface area contributed by atoms with E-state index in [1.54, 1.807) is 6.07 Å². The van der Waals surface area contributed by atoms with Gasteiger partial charge in [-0.15, -0.1) is 0 Å². The molecule has 1 saturated heterocycles. The Bertz CT molecular complexity index is 614. The lowest BCUT2D eigenvalue weighted by Crippen LogP contribution is -2.44. The van der Waals surface area contributed by atoms with Crippen LogP contribution in [0.1, 0.15) is 36.5 Å². The van der Waals surface area contributed by atoms with Crippen LogP contribution < -0.4 is 0 Å². The molecule has 2 aromatic carbocycles. The monoisotopic (exact) mass is 311 g/mol. The minimum absolute atomic E-state index is 0.184. The molecule has 3 heteroatoms. The molecule has 2 N–H and O–H groups in total. The summed E-state index contributed by atoms with van der Waals surface area (Å²) in [6, 6.07) is 17.6. The van der Waals surface area contributed by atoms with Gasteiger partial charge in [0, 0.05) is 12.6 Å². The zero-order valence-electron chi connectivity index (χ0n) is 13.4. The molecule has 2 unspecified atom stereocenters. The molecular formula is C20H25NO2. The molecule has 0 amide bonds. The first-order chi connectivity index (χ1) is 11.2. The zero-order valence-corrected chi connectivity index (χ0v) is 13.4. The molecule has 0 bridgehead atoms. The number of aromatic hydroxyl groups is 1. The van der Waals surface area contributed by atoms with Crippen molar-refractivity contribution in [3.8, 4) is 5.75 Å². The van der Waals surface area contributed by atoms with Gasteiger partial charge in [0.1, 0.15) is 5.75 Å². The van der Waals surface area contributed by atoms with E-state index in [9.17, 15) is 10.2 Å². The van der Waals surface area contributed by atoms with Crippen molar-refractivity contribution in [1.82, 2.24) is 4.90 Å². The van der Waals surface area contributed by atoms with E-state index < -0.39 is 6.10 Å². The standard InChI is InChI=1S/C20H25NO2/c22-18-10-6-7-16(15-18)12-14-21-13-5-4-11-19(21)20(23)17-8-2-1-3-9-17/h1-3,6-10,15,19-20,22-23H,4-5,11-14H2. The first-order valence-corrected chi connectivity index (χ1v) is 8.49. The van der Waals surface area contributed by atoms with E-state index in [1.807, 2.05) is 48.5 Å². The Morgan fingerprint density at radius 3 is 2.65 bits per heavy atom. The van der Waals surface area contributed by atoms with Crippen molar-refractivity contribution in [2.24, 2.45) is 0 Å². The first-order valence-electron chi connectivity index (χ1n) is 8.49. The third-order valence-electron chi connectivity index (χ3n) is 4.77. The summed E-state index contributed by atoms with van der Waals surface area (Å²) in [5, 5.41) is 20.4. The highest BCUT2D eigenvalue weighted by molar-refractivity contribution is 5.27. The maximum Gasteiger partial charge on any atom is 0.115 e. The van der Waals surface area contributed by atoms with E-state index in [0.29, 0.717) is 5.75 Å². The number of nitrogens with zero attached hydrogens (tertiary/aromatic N) is 1. The normalized spacial score (nSPS) is 20.3. The topological polar surface area (TPSA) is 43.7 Å². The third kappa shape index (κ3) is 4.12. The van der Waals surface area contributed by atoms with Gasteiger partial charge in [-0.1, -0.05) is 48.9 Å². The summed E-state index contributed by atoms with van der Waals surface area (Å²) in [6.07, 6.45) is 3.87. The highest BCUT2D eigenvalue weighted by Crippen LogP contribution is 2.28. The van der Waals surface area contributed by atoms with Gasteiger partial charge in [-0.25, -0.2) is 0 Å². The Balaban J connectivity index is 1.66. The summed E-state index contributed by atoms with van der Waals surface area (Å²) in [4.78, 5) is 2.41. The zero-order chi connectivity index (χ0) is 16.1. The predicted molar refractivity (Wildman–Crippen MR) is 92.4 cm³/mol. The number of hydrogen-bond acceptors (Lipinski definition) is 3. The van der Waals surface area contributed by atoms with Crippen LogP contribution in [0.4, 0.5) is 0 Å². The van der Waals surface area contributed by atoms with Crippen LogP contribution in [0.5, 0.6) is 5.75 Å². The van der Waals surface area contributed by atoms with E-state index in [2.05, 4.69) is 4.90 Å². The molecule has 122 valence electrons. The Morgan fingerprint density at radius 1 is 1.04 bits per heavy atom. The quantitative estimate of drug-likeness (QED) is 0.888. The van der Waals surface area contributed by atoms with E-state index in [0.717, 1.165) is 37.1 Å². The van der Waals surface area contributed by atoms with Crippen molar-refractivity contribution in [2.75, 3.05) is 13.1 Å². The van der Waals surface area contributed by atoms with Crippen molar-refractivity contribution in [3.05, 3.63) is 65.7 Å². The van der Waals surface area contributed by atoms with Gasteiger partial charge >= 0.3 is 0 Å². The molecular weight excluding hydrogens is 286 g/mol. The molecule has 0 aromatic heterocycles. The minimum Gasteiger partial charge on any atom is -0.508 e. The molecule has 3 nitrogen and oxygen atoms in total. The number of aliphatic hydroxyl groups excluding tert-OH is 1. The summed E-state index contributed by atoms with van der Waals surface area (Å²) < 4.78 is 0. The molecule has 3 rings (SSSR count). The minimum atomic E-state index is -0.430. The van der Waals surface area contributed by atoms with Crippen LogP contribution in [0, 0.1) is 0 Å². The average molecular weight is 311 g/mol. The number of piperidine rings is 1. The van der Waals surface area contributed by atoms with Gasteiger partial charge in [-0.2, -0.15) is 0 Å². The Labute approximate surface area is 138 Å². The lowest BCUT2D eigenvalue weighted by atomic mass is 9.92. The van der Waals surface area contributed by atoms with Crippen LogP contribution in [0.2, 0.25) is 0 Å². The number of aliphatic hydroxyl groups is 1. The largest absolute Gasteiger partial charge is 0.508 e. The van der Waals surface area contributed by atoms with Gasteiger partial charge in [-0.05, 0) is 49.1 Å². The van der Waals surface area contributed by atoms with Crippen molar-refractivity contribution in [3.63, 3.8) is 0 Å². The molecule has 1 aliphatic heterocycles. The van der Waals surface area contributed by atoms with Crippen LogP contribution in [0.3, 0.4) is 0 Å². The van der Waals surface area contributed by atoms with Gasteiger partial charge < -0.3 is 10.2 Å². The highest BCUT2D eigenvalue weighted by Gasteiger charge is 2.29. The summed E-state index contributed by atoms with van der Waals surface area (Å²) in [7, 11) is 0. The fourth-order valence-electron chi connectivity index (χ4n) is 3.51. The molecule has 1 aliphatic rings. The molecule has 0 radical (unpaired) electrons. The number of benzene rings is 2. The van der Waals surface area contributed by atoms with Crippen LogP contribution >= 0.6 is 0 Å². The maximum atomic E-state index is 10.8. The van der Waals surface area contributed by atoms with Crippen LogP contribution in [-0.2, 0) is 6.42 Å². The van der Waals surface area contributed by atoms with Crippen molar-refractivity contribution >= 4 is 0 Å². The van der Waals surface area contributed by atoms with E-state index >= 15 is 0 Å². The Hall–Kier alpha value is -1.84. The molecule has 1 heterocycles. The maximum absolute atomic E-state index is 10.8. The fraction of sp³-hybridized carbons (Fsp3) is 0.400. The number of hydrogen-bond donors (Lipinski definition) is 2. The van der Waals surface area contributed by atoms with Crippen molar-refractivity contribution in [2.45, 2.75) is 37.8 Å². The third-order valence-corrected chi connectivity index (χ3v) is 4.77. The van der Waals surface area contributed by atoms with Gasteiger partial charge in [0.2, 0.25) is 0 Å². The van der Waals surface area contributed by atoms with Crippen molar-refractivity contribution in [1.29, 1.82) is 0 Å². The molecule has 23 heavy (non-hydrogen) atoms. The highest BCUT2D eigenvalue weighted by atomic mass is 16.3. The van der Waals surface area contributed by atoms with Crippen molar-refractivity contribution < 1.29 is 10.2 Å². The van der Waals surface area contributed by atoms with Gasteiger partial charge in [-0.3, -0.25) is 4.90 Å². The first kappa shape index (κ1) is 16.0. The lowest BCUT2D eigenvalue weighted by Gasteiger charge is -2.38. The van der Waals surface area contributed by atoms with Gasteiger partial charge in [0.15, 0.2) is 0 Å². The second kappa shape index (κ2) is 7.62. The number of likely N-dealkylation sites (tertiary alicyclic amines) is 1. The summed E-state index contributed by atoms with van der Waals surface area (Å²) in [5.74, 6) is 0.321. The molecule has 0 spiro atoms. The second-order valence-corrected chi connectivity index (χ2v) is 6.37. The Morgan fingerprint density at radius 2 is 1.87 bits per heavy atom. The van der Waals surface area contributed by atoms with Crippen LogP contribution in [0.25, 0.3) is 0 Å². The smallest absolute Gasteiger partial charge is 0.115 e. The summed E-state index contributed by atoms with van der Waals surface area (Å²) in [5.41, 5.74) is 2.14. The molecule has 0 aliphatic carbocycles. The number of rotatable bonds is 5. The molecule has 2 aromatic rings. The lowest BCUT2D eigenvalue weighted by molar-refractivity contribution is 0.0255. The average Bonchev–Trinajstić information content (AvgIpc) is 2.60. The van der Waals surface area contributed by atoms with E-state index in [4.69, 9.17) is 0 Å². The molecule has 0 saturated carbocycles. The number of phenols is 1. The Kier molecular flexibility index (Phi) is 5.31. The summed E-state index contributed by atoms with van der Waals surface area (Å²) >= 11 is 0. The second-order valence-electron chi connectivity index (χ2n) is 6.37. The van der Waals surface area contributed by atoms with E-state index in [1.165, 1.54) is 12.8 Å². The SMILES string of the molecule is Oc1cccc(CCN2CCCCC2C(O)c2ccccc2)c1. The summed E-state index contributed by atoms with van der Waals surface area (Å²) in [6.45, 7) is 1.95. The fourth-order valence-corrected chi connectivity index (χ4v) is 3.51. The number of phenolic OH excluding ortho intramolecular Hbond substituents is 1. The molecule has 2 atom stereocenters. The molecule has 1 fully saturated rings. The van der Waals surface area contributed by atoms with E-state index in [-0.39, 0.29) is 6.04 Å².